The summed E-state index contributed by atoms with van der Waals surface area (Å²) >= 11 is 3.30. The van der Waals surface area contributed by atoms with Crippen LogP contribution < -0.4 is 5.32 Å². The molecule has 2 rings (SSSR count). The molecule has 4 heteroatoms. The molecule has 0 aliphatic heterocycles. The molecule has 0 atom stereocenters. The third-order valence-electron chi connectivity index (χ3n) is 2.52. The lowest BCUT2D eigenvalue weighted by atomic mass is 10.2. The minimum atomic E-state index is -0.331. The molecule has 0 radical (unpaired) electrons. The number of carbonyl (C=O) groups excluding carboxylic acids is 1. The Kier molecular flexibility index (Phi) is 3.77. The maximum atomic E-state index is 13.3. The summed E-state index contributed by atoms with van der Waals surface area (Å²) in [4.78, 5) is 11.9. The zero-order valence-corrected chi connectivity index (χ0v) is 11.3. The van der Waals surface area contributed by atoms with E-state index in [4.69, 9.17) is 0 Å². The second-order valence-corrected chi connectivity index (χ2v) is 4.84. The summed E-state index contributed by atoms with van der Waals surface area (Å²) in [7, 11) is 0. The van der Waals surface area contributed by atoms with Gasteiger partial charge in [0.05, 0.1) is 0 Å². The van der Waals surface area contributed by atoms with Crippen molar-refractivity contribution in [2.45, 2.75) is 6.92 Å². The van der Waals surface area contributed by atoms with Gasteiger partial charge in [0.1, 0.15) is 5.82 Å². The number of halogens is 2. The van der Waals surface area contributed by atoms with Gasteiger partial charge in [-0.3, -0.25) is 4.79 Å². The van der Waals surface area contributed by atoms with Gasteiger partial charge in [0.2, 0.25) is 0 Å². The van der Waals surface area contributed by atoms with Gasteiger partial charge in [-0.05, 0) is 42.8 Å². The maximum absolute atomic E-state index is 13.3. The molecule has 0 heterocycles. The van der Waals surface area contributed by atoms with Crippen LogP contribution in [0.3, 0.4) is 0 Å². The van der Waals surface area contributed by atoms with Gasteiger partial charge in [0, 0.05) is 15.7 Å². The van der Waals surface area contributed by atoms with Gasteiger partial charge in [-0.15, -0.1) is 0 Å². The first-order valence-corrected chi connectivity index (χ1v) is 6.18. The highest BCUT2D eigenvalue weighted by Crippen LogP contribution is 2.16. The molecule has 1 amide bonds. The summed E-state index contributed by atoms with van der Waals surface area (Å²) in [6, 6.07) is 11.6. The second-order valence-electron chi connectivity index (χ2n) is 3.93. The van der Waals surface area contributed by atoms with E-state index in [0.717, 1.165) is 4.47 Å². The summed E-state index contributed by atoms with van der Waals surface area (Å²) in [6.45, 7) is 1.68. The molecule has 0 aromatic heterocycles. The Bertz CT molecular complexity index is 598. The molecule has 1 N–H and O–H groups in total. The third-order valence-corrected chi connectivity index (χ3v) is 3.01. The first-order chi connectivity index (χ1) is 8.56. The zero-order valence-electron chi connectivity index (χ0n) is 9.71. The monoisotopic (exact) mass is 307 g/mol. The van der Waals surface area contributed by atoms with Crippen LogP contribution in [0.5, 0.6) is 0 Å². The highest BCUT2D eigenvalue weighted by molar-refractivity contribution is 9.10. The van der Waals surface area contributed by atoms with Crippen molar-refractivity contribution in [3.63, 3.8) is 0 Å². The molecular weight excluding hydrogens is 297 g/mol. The average Bonchev–Trinajstić information content (AvgIpc) is 2.34. The molecule has 0 spiro atoms. The molecule has 0 saturated heterocycles. The lowest BCUT2D eigenvalue weighted by Crippen LogP contribution is -2.12. The number of hydrogen-bond donors (Lipinski definition) is 1. The minimum Gasteiger partial charge on any atom is -0.322 e. The summed E-state index contributed by atoms with van der Waals surface area (Å²) < 4.78 is 14.2. The molecule has 2 aromatic carbocycles. The number of amides is 1. The van der Waals surface area contributed by atoms with Crippen LogP contribution in [-0.2, 0) is 0 Å². The highest BCUT2D eigenvalue weighted by atomic mass is 79.9. The van der Waals surface area contributed by atoms with Crippen LogP contribution >= 0.6 is 15.9 Å². The SMILES string of the molecule is Cc1ccc(NC(=O)c2cccc(Br)c2)cc1F. The number of nitrogens with one attached hydrogen (secondary N) is 1. The topological polar surface area (TPSA) is 29.1 Å². The molecule has 0 aliphatic carbocycles. The summed E-state index contributed by atoms with van der Waals surface area (Å²) in [5.41, 5.74) is 1.52. The van der Waals surface area contributed by atoms with Crippen LogP contribution in [0.25, 0.3) is 0 Å². The van der Waals surface area contributed by atoms with Crippen molar-refractivity contribution >= 4 is 27.5 Å². The Morgan fingerprint density at radius 3 is 2.67 bits per heavy atom. The average molecular weight is 308 g/mol. The quantitative estimate of drug-likeness (QED) is 0.887. The van der Waals surface area contributed by atoms with E-state index in [0.29, 0.717) is 16.8 Å². The number of hydrogen-bond acceptors (Lipinski definition) is 1. The van der Waals surface area contributed by atoms with Crippen molar-refractivity contribution in [1.82, 2.24) is 0 Å². The maximum Gasteiger partial charge on any atom is 0.255 e. The van der Waals surface area contributed by atoms with E-state index in [1.54, 1.807) is 37.3 Å². The predicted octanol–water partition coefficient (Wildman–Crippen LogP) is 4.15. The van der Waals surface area contributed by atoms with Crippen LogP contribution in [0, 0.1) is 12.7 Å². The first-order valence-electron chi connectivity index (χ1n) is 5.39. The van der Waals surface area contributed by atoms with Gasteiger partial charge in [0.25, 0.3) is 5.91 Å². The normalized spacial score (nSPS) is 10.2. The van der Waals surface area contributed by atoms with E-state index < -0.39 is 0 Å². The van der Waals surface area contributed by atoms with Crippen molar-refractivity contribution in [2.24, 2.45) is 0 Å². The fourth-order valence-electron chi connectivity index (χ4n) is 1.50. The van der Waals surface area contributed by atoms with Crippen molar-refractivity contribution in [1.29, 1.82) is 0 Å². The molecule has 2 aromatic rings. The van der Waals surface area contributed by atoms with Crippen LogP contribution in [0.15, 0.2) is 46.9 Å². The molecule has 0 unspecified atom stereocenters. The van der Waals surface area contributed by atoms with E-state index >= 15 is 0 Å². The molecule has 18 heavy (non-hydrogen) atoms. The minimum absolute atomic E-state index is 0.264. The number of benzene rings is 2. The number of aryl methyl sites for hydroxylation is 1. The lowest BCUT2D eigenvalue weighted by Gasteiger charge is -2.06. The fraction of sp³-hybridized carbons (Fsp3) is 0.0714. The zero-order chi connectivity index (χ0) is 13.1. The molecule has 2 nitrogen and oxygen atoms in total. The van der Waals surface area contributed by atoms with Crippen LogP contribution in [0.1, 0.15) is 15.9 Å². The molecular formula is C14H11BrFNO. The molecule has 0 fully saturated rings. The standard InChI is InChI=1S/C14H11BrFNO/c1-9-5-6-12(8-13(9)16)17-14(18)10-3-2-4-11(15)7-10/h2-8H,1H3,(H,17,18). The molecule has 0 saturated carbocycles. The van der Waals surface area contributed by atoms with Crippen molar-refractivity contribution in [2.75, 3.05) is 5.32 Å². The Morgan fingerprint density at radius 1 is 1.22 bits per heavy atom. The smallest absolute Gasteiger partial charge is 0.255 e. The second kappa shape index (κ2) is 5.31. The summed E-state index contributed by atoms with van der Waals surface area (Å²) in [6.07, 6.45) is 0. The van der Waals surface area contributed by atoms with Gasteiger partial charge in [0.15, 0.2) is 0 Å². The van der Waals surface area contributed by atoms with Gasteiger partial charge in [-0.25, -0.2) is 4.39 Å². The van der Waals surface area contributed by atoms with Crippen LogP contribution in [0.4, 0.5) is 10.1 Å². The van der Waals surface area contributed by atoms with Crippen molar-refractivity contribution < 1.29 is 9.18 Å². The van der Waals surface area contributed by atoms with E-state index in [2.05, 4.69) is 21.2 Å². The largest absolute Gasteiger partial charge is 0.322 e. The highest BCUT2D eigenvalue weighted by Gasteiger charge is 2.07. The van der Waals surface area contributed by atoms with E-state index in [9.17, 15) is 9.18 Å². The van der Waals surface area contributed by atoms with Gasteiger partial charge in [-0.1, -0.05) is 28.1 Å². The van der Waals surface area contributed by atoms with Crippen molar-refractivity contribution in [3.05, 3.63) is 63.9 Å². The van der Waals surface area contributed by atoms with Crippen LogP contribution in [-0.4, -0.2) is 5.91 Å². The number of rotatable bonds is 2. The fourth-order valence-corrected chi connectivity index (χ4v) is 1.90. The Morgan fingerprint density at radius 2 is 2.00 bits per heavy atom. The Labute approximate surface area is 113 Å². The molecule has 0 bridgehead atoms. The van der Waals surface area contributed by atoms with Gasteiger partial charge < -0.3 is 5.32 Å². The first kappa shape index (κ1) is 12.8. The lowest BCUT2D eigenvalue weighted by molar-refractivity contribution is 0.102. The predicted molar refractivity (Wildman–Crippen MR) is 73.2 cm³/mol. The van der Waals surface area contributed by atoms with E-state index in [1.165, 1.54) is 6.07 Å². The van der Waals surface area contributed by atoms with E-state index in [-0.39, 0.29) is 11.7 Å². The van der Waals surface area contributed by atoms with Crippen LogP contribution in [0.2, 0.25) is 0 Å². The molecule has 0 aliphatic rings. The Hall–Kier alpha value is -1.68. The van der Waals surface area contributed by atoms with Crippen molar-refractivity contribution in [3.8, 4) is 0 Å². The number of carbonyl (C=O) groups is 1. The summed E-state index contributed by atoms with van der Waals surface area (Å²) in [5, 5.41) is 2.65. The summed E-state index contributed by atoms with van der Waals surface area (Å²) in [5.74, 6) is -0.596. The number of anilines is 1. The Balaban J connectivity index is 2.18. The van der Waals surface area contributed by atoms with E-state index in [1.807, 2.05) is 6.07 Å². The molecule has 92 valence electrons. The third kappa shape index (κ3) is 2.96. The van der Waals surface area contributed by atoms with Gasteiger partial charge >= 0.3 is 0 Å². The van der Waals surface area contributed by atoms with Gasteiger partial charge in [-0.2, -0.15) is 0 Å².